The highest BCUT2D eigenvalue weighted by molar-refractivity contribution is 7.80. The van der Waals surface area contributed by atoms with Gasteiger partial charge in [-0.25, -0.2) is 4.98 Å². The number of hydrogen-bond acceptors (Lipinski definition) is 4. The van der Waals surface area contributed by atoms with Crippen LogP contribution in [0.3, 0.4) is 0 Å². The van der Waals surface area contributed by atoms with E-state index in [4.69, 9.17) is 33.3 Å². The molecule has 0 aliphatic carbocycles. The number of nitrogens with zero attached hydrogens (tertiary/aromatic N) is 1. The normalized spacial score (nSPS) is 12.1. The lowest BCUT2D eigenvalue weighted by Gasteiger charge is -2.11. The molecule has 0 bridgehead atoms. The van der Waals surface area contributed by atoms with Gasteiger partial charge in [-0.2, -0.15) is 0 Å². The smallest absolute Gasteiger partial charge is 0.231 e. The molecule has 2 heterocycles. The van der Waals surface area contributed by atoms with Crippen LogP contribution in [0.25, 0.3) is 0 Å². The minimum absolute atomic E-state index is 0.268. The number of pyridine rings is 1. The molecular formula is C15H14ClN3O2S. The SMILES string of the molecule is Cc1cnc(NC(=S)NCc2ccc3c(c2)OCO3)c(Cl)c1. The number of anilines is 1. The predicted octanol–water partition coefficient (Wildman–Crippen LogP) is 3.26. The average molecular weight is 336 g/mol. The molecule has 0 fully saturated rings. The highest BCUT2D eigenvalue weighted by Gasteiger charge is 2.13. The number of benzene rings is 1. The van der Waals surface area contributed by atoms with E-state index < -0.39 is 0 Å². The third-order valence-electron chi connectivity index (χ3n) is 3.10. The lowest BCUT2D eigenvalue weighted by Crippen LogP contribution is -2.28. The van der Waals surface area contributed by atoms with E-state index in [9.17, 15) is 0 Å². The van der Waals surface area contributed by atoms with E-state index in [2.05, 4.69) is 15.6 Å². The molecule has 0 atom stereocenters. The summed E-state index contributed by atoms with van der Waals surface area (Å²) < 4.78 is 10.6. The Morgan fingerprint density at radius 2 is 2.14 bits per heavy atom. The van der Waals surface area contributed by atoms with Crippen molar-refractivity contribution in [2.24, 2.45) is 0 Å². The van der Waals surface area contributed by atoms with Crippen LogP contribution in [-0.2, 0) is 6.54 Å². The number of aryl methyl sites for hydroxylation is 1. The fourth-order valence-corrected chi connectivity index (χ4v) is 2.45. The summed E-state index contributed by atoms with van der Waals surface area (Å²) in [5.41, 5.74) is 2.03. The highest BCUT2D eigenvalue weighted by atomic mass is 35.5. The van der Waals surface area contributed by atoms with Crippen LogP contribution in [0.4, 0.5) is 5.82 Å². The van der Waals surface area contributed by atoms with E-state index in [1.807, 2.05) is 31.2 Å². The van der Waals surface area contributed by atoms with Crippen LogP contribution in [-0.4, -0.2) is 16.9 Å². The number of thiocarbonyl (C=S) groups is 1. The molecule has 0 amide bonds. The van der Waals surface area contributed by atoms with Crippen molar-refractivity contribution < 1.29 is 9.47 Å². The summed E-state index contributed by atoms with van der Waals surface area (Å²) in [5, 5.41) is 7.08. The van der Waals surface area contributed by atoms with Gasteiger partial charge >= 0.3 is 0 Å². The zero-order valence-electron chi connectivity index (χ0n) is 11.9. The van der Waals surface area contributed by atoms with Gasteiger partial charge in [-0.05, 0) is 48.5 Å². The van der Waals surface area contributed by atoms with Gasteiger partial charge in [0.25, 0.3) is 0 Å². The number of rotatable bonds is 3. The van der Waals surface area contributed by atoms with Crippen LogP contribution < -0.4 is 20.1 Å². The van der Waals surface area contributed by atoms with Gasteiger partial charge in [0, 0.05) is 12.7 Å². The van der Waals surface area contributed by atoms with Crippen LogP contribution >= 0.6 is 23.8 Å². The van der Waals surface area contributed by atoms with Crippen molar-refractivity contribution in [1.29, 1.82) is 0 Å². The van der Waals surface area contributed by atoms with Crippen molar-refractivity contribution in [2.75, 3.05) is 12.1 Å². The Bertz CT molecular complexity index is 724. The summed E-state index contributed by atoms with van der Waals surface area (Å²) in [6, 6.07) is 7.60. The zero-order valence-corrected chi connectivity index (χ0v) is 13.4. The summed E-state index contributed by atoms with van der Waals surface area (Å²) in [6.45, 7) is 2.76. The molecule has 5 nitrogen and oxygen atoms in total. The fourth-order valence-electron chi connectivity index (χ4n) is 2.01. The maximum Gasteiger partial charge on any atom is 0.231 e. The summed E-state index contributed by atoms with van der Waals surface area (Å²) in [5.74, 6) is 2.05. The third kappa shape index (κ3) is 3.40. The molecule has 0 saturated heterocycles. The number of halogens is 1. The molecule has 2 N–H and O–H groups in total. The first kappa shape index (κ1) is 14.9. The molecule has 0 saturated carbocycles. The molecule has 22 heavy (non-hydrogen) atoms. The lowest BCUT2D eigenvalue weighted by molar-refractivity contribution is 0.174. The molecule has 1 aliphatic rings. The highest BCUT2D eigenvalue weighted by Crippen LogP contribution is 2.32. The maximum atomic E-state index is 6.11. The van der Waals surface area contributed by atoms with E-state index in [0.29, 0.717) is 22.5 Å². The number of aromatic nitrogens is 1. The van der Waals surface area contributed by atoms with Crippen LogP contribution in [0.5, 0.6) is 11.5 Å². The molecule has 1 aliphatic heterocycles. The number of nitrogens with one attached hydrogen (secondary N) is 2. The number of ether oxygens (including phenoxy) is 2. The van der Waals surface area contributed by atoms with Crippen molar-refractivity contribution in [2.45, 2.75) is 13.5 Å². The van der Waals surface area contributed by atoms with E-state index in [1.165, 1.54) is 0 Å². The van der Waals surface area contributed by atoms with Crippen LogP contribution in [0.1, 0.15) is 11.1 Å². The predicted molar refractivity (Wildman–Crippen MR) is 89.6 cm³/mol. The molecule has 114 valence electrons. The average Bonchev–Trinajstić information content (AvgIpc) is 2.95. The molecular weight excluding hydrogens is 322 g/mol. The second kappa shape index (κ2) is 6.37. The van der Waals surface area contributed by atoms with E-state index in [-0.39, 0.29) is 6.79 Å². The molecule has 1 aromatic heterocycles. The number of hydrogen-bond donors (Lipinski definition) is 2. The lowest BCUT2D eigenvalue weighted by atomic mass is 10.2. The summed E-state index contributed by atoms with van der Waals surface area (Å²) in [4.78, 5) is 4.21. The van der Waals surface area contributed by atoms with Crippen LogP contribution in [0.15, 0.2) is 30.5 Å². The largest absolute Gasteiger partial charge is 0.454 e. The summed E-state index contributed by atoms with van der Waals surface area (Å²) >= 11 is 11.4. The molecule has 3 rings (SSSR count). The Morgan fingerprint density at radius 3 is 2.95 bits per heavy atom. The summed E-state index contributed by atoms with van der Waals surface area (Å²) in [7, 11) is 0. The van der Waals surface area contributed by atoms with Gasteiger partial charge in [0.15, 0.2) is 22.4 Å². The maximum absolute atomic E-state index is 6.11. The molecule has 0 radical (unpaired) electrons. The second-order valence-electron chi connectivity index (χ2n) is 4.84. The van der Waals surface area contributed by atoms with Crippen LogP contribution in [0.2, 0.25) is 5.02 Å². The molecule has 0 unspecified atom stereocenters. The zero-order chi connectivity index (χ0) is 15.5. The number of fused-ring (bicyclic) bond motifs is 1. The van der Waals surface area contributed by atoms with Gasteiger partial charge in [-0.3, -0.25) is 0 Å². The Kier molecular flexibility index (Phi) is 4.31. The van der Waals surface area contributed by atoms with Crippen molar-refractivity contribution in [3.63, 3.8) is 0 Å². The minimum Gasteiger partial charge on any atom is -0.454 e. The first-order valence-corrected chi connectivity index (χ1v) is 7.46. The Hall–Kier alpha value is -2.05. The Balaban J connectivity index is 1.58. The van der Waals surface area contributed by atoms with Crippen molar-refractivity contribution >= 4 is 34.7 Å². The van der Waals surface area contributed by atoms with E-state index in [1.54, 1.807) is 6.20 Å². The van der Waals surface area contributed by atoms with Gasteiger partial charge in [0.1, 0.15) is 0 Å². The first-order valence-electron chi connectivity index (χ1n) is 6.67. The molecule has 2 aromatic rings. The van der Waals surface area contributed by atoms with Gasteiger partial charge < -0.3 is 20.1 Å². The molecule has 0 spiro atoms. The monoisotopic (exact) mass is 335 g/mol. The molecule has 1 aromatic carbocycles. The summed E-state index contributed by atoms with van der Waals surface area (Å²) in [6.07, 6.45) is 1.73. The topological polar surface area (TPSA) is 55.4 Å². The van der Waals surface area contributed by atoms with Crippen LogP contribution in [0, 0.1) is 6.92 Å². The Labute approximate surface area is 138 Å². The first-order chi connectivity index (χ1) is 10.6. The van der Waals surface area contributed by atoms with Crippen molar-refractivity contribution in [3.8, 4) is 11.5 Å². The Morgan fingerprint density at radius 1 is 1.32 bits per heavy atom. The fraction of sp³-hybridized carbons (Fsp3) is 0.200. The minimum atomic E-state index is 0.268. The van der Waals surface area contributed by atoms with Gasteiger partial charge in [-0.15, -0.1) is 0 Å². The second-order valence-corrected chi connectivity index (χ2v) is 5.65. The van der Waals surface area contributed by atoms with E-state index >= 15 is 0 Å². The van der Waals surface area contributed by atoms with Gasteiger partial charge in [0.05, 0.1) is 5.02 Å². The standard InChI is InChI=1S/C15H14ClN3O2S/c1-9-4-11(16)14(17-6-9)19-15(22)18-7-10-2-3-12-13(5-10)21-8-20-12/h2-6H,7-8H2,1H3,(H2,17,18,19,22). The van der Waals surface area contributed by atoms with Gasteiger partial charge in [0.2, 0.25) is 6.79 Å². The van der Waals surface area contributed by atoms with Crippen molar-refractivity contribution in [3.05, 3.63) is 46.6 Å². The quantitative estimate of drug-likeness (QED) is 0.840. The van der Waals surface area contributed by atoms with Gasteiger partial charge in [-0.1, -0.05) is 17.7 Å². The van der Waals surface area contributed by atoms with Crippen molar-refractivity contribution in [1.82, 2.24) is 10.3 Å². The molecule has 7 heteroatoms. The van der Waals surface area contributed by atoms with E-state index in [0.717, 1.165) is 22.6 Å². The third-order valence-corrected chi connectivity index (χ3v) is 3.63.